The minimum atomic E-state index is -3.69. The third-order valence-electron chi connectivity index (χ3n) is 4.77. The predicted octanol–water partition coefficient (Wildman–Crippen LogP) is 2.29. The van der Waals surface area contributed by atoms with Gasteiger partial charge in [0.2, 0.25) is 10.0 Å². The number of hydrogen-bond acceptors (Lipinski definition) is 4. The number of piperidine rings is 1. The van der Waals surface area contributed by atoms with E-state index in [0.717, 1.165) is 24.8 Å². The molecule has 0 bridgehead atoms. The van der Waals surface area contributed by atoms with Crippen molar-refractivity contribution in [2.45, 2.75) is 30.2 Å². The number of rotatable bonds is 6. The van der Waals surface area contributed by atoms with Crippen molar-refractivity contribution in [2.75, 3.05) is 19.6 Å². The van der Waals surface area contributed by atoms with Crippen LogP contribution in [0, 0.1) is 0 Å². The van der Waals surface area contributed by atoms with Gasteiger partial charge in [0.25, 0.3) is 5.91 Å². The molecule has 1 heterocycles. The molecule has 0 saturated carbocycles. The fourth-order valence-electron chi connectivity index (χ4n) is 3.24. The van der Waals surface area contributed by atoms with E-state index in [0.29, 0.717) is 13.1 Å². The first-order chi connectivity index (χ1) is 13.0. The van der Waals surface area contributed by atoms with Crippen molar-refractivity contribution in [3.8, 4) is 0 Å². The lowest BCUT2D eigenvalue weighted by Crippen LogP contribution is -2.37. The number of carbonyl (C=O) groups is 1. The molecular formula is C20H25N3O3S. The Morgan fingerprint density at radius 1 is 1.00 bits per heavy atom. The molecule has 1 unspecified atom stereocenters. The highest BCUT2D eigenvalue weighted by atomic mass is 32.2. The van der Waals surface area contributed by atoms with Gasteiger partial charge in [-0.2, -0.15) is 4.31 Å². The van der Waals surface area contributed by atoms with E-state index in [2.05, 4.69) is 5.32 Å². The first kappa shape index (κ1) is 19.5. The topological polar surface area (TPSA) is 92.5 Å². The predicted molar refractivity (Wildman–Crippen MR) is 105 cm³/mol. The Morgan fingerprint density at radius 3 is 2.33 bits per heavy atom. The van der Waals surface area contributed by atoms with Gasteiger partial charge in [0.05, 0.1) is 10.5 Å². The average Bonchev–Trinajstić information content (AvgIpc) is 2.73. The van der Waals surface area contributed by atoms with Gasteiger partial charge in [-0.25, -0.2) is 8.42 Å². The van der Waals surface area contributed by atoms with Crippen LogP contribution >= 0.6 is 0 Å². The van der Waals surface area contributed by atoms with E-state index in [1.807, 2.05) is 30.3 Å². The molecule has 0 spiro atoms. The molecule has 0 radical (unpaired) electrons. The van der Waals surface area contributed by atoms with Crippen molar-refractivity contribution >= 4 is 15.9 Å². The van der Waals surface area contributed by atoms with Crippen molar-refractivity contribution in [2.24, 2.45) is 5.73 Å². The molecule has 1 saturated heterocycles. The van der Waals surface area contributed by atoms with Crippen LogP contribution in [0.15, 0.2) is 59.5 Å². The Bertz CT molecular complexity index is 878. The molecule has 6 nitrogen and oxygen atoms in total. The maximum atomic E-state index is 13.0. The van der Waals surface area contributed by atoms with Gasteiger partial charge in [0, 0.05) is 25.7 Å². The maximum absolute atomic E-state index is 13.0. The summed E-state index contributed by atoms with van der Waals surface area (Å²) in [5.74, 6) is -0.433. The molecule has 0 aromatic heterocycles. The van der Waals surface area contributed by atoms with E-state index >= 15 is 0 Å². The molecule has 0 aliphatic carbocycles. The van der Waals surface area contributed by atoms with E-state index in [1.165, 1.54) is 10.4 Å². The molecule has 7 heteroatoms. The standard InChI is InChI=1S/C20H25N3O3S/c21-18(16-9-3-1-4-10-16)15-22-20(24)17-11-5-6-12-19(17)27(25,26)23-13-7-2-8-14-23/h1,3-6,9-12,18H,2,7-8,13-15,21H2,(H,22,24). The number of nitrogens with one attached hydrogen (secondary N) is 1. The summed E-state index contributed by atoms with van der Waals surface area (Å²) < 4.78 is 27.5. The van der Waals surface area contributed by atoms with Gasteiger partial charge in [0.1, 0.15) is 0 Å². The van der Waals surface area contributed by atoms with Crippen LogP contribution in [0.1, 0.15) is 41.2 Å². The Labute approximate surface area is 160 Å². The molecule has 27 heavy (non-hydrogen) atoms. The molecule has 3 N–H and O–H groups in total. The monoisotopic (exact) mass is 387 g/mol. The van der Waals surface area contributed by atoms with Crippen LogP contribution in [0.25, 0.3) is 0 Å². The molecule has 2 aromatic carbocycles. The van der Waals surface area contributed by atoms with Crippen LogP contribution in [0.2, 0.25) is 0 Å². The van der Waals surface area contributed by atoms with Crippen molar-refractivity contribution in [1.29, 1.82) is 0 Å². The van der Waals surface area contributed by atoms with E-state index in [4.69, 9.17) is 5.73 Å². The highest BCUT2D eigenvalue weighted by Gasteiger charge is 2.29. The second-order valence-electron chi connectivity index (χ2n) is 6.69. The fraction of sp³-hybridized carbons (Fsp3) is 0.350. The molecule has 1 aliphatic rings. The lowest BCUT2D eigenvalue weighted by Gasteiger charge is -2.26. The van der Waals surface area contributed by atoms with Gasteiger partial charge in [-0.05, 0) is 30.5 Å². The summed E-state index contributed by atoms with van der Waals surface area (Å²) in [5, 5.41) is 2.77. The molecule has 1 amide bonds. The zero-order chi connectivity index (χ0) is 19.3. The molecular weight excluding hydrogens is 362 g/mol. The number of sulfonamides is 1. The number of benzene rings is 2. The highest BCUT2D eigenvalue weighted by Crippen LogP contribution is 2.23. The normalized spacial score (nSPS) is 16.6. The van der Waals surface area contributed by atoms with Crippen LogP contribution in [0.5, 0.6) is 0 Å². The number of carbonyl (C=O) groups excluding carboxylic acids is 1. The van der Waals surface area contributed by atoms with E-state index in [-0.39, 0.29) is 23.0 Å². The smallest absolute Gasteiger partial charge is 0.252 e. The SMILES string of the molecule is NC(CNC(=O)c1ccccc1S(=O)(=O)N1CCCCC1)c1ccccc1. The Kier molecular flexibility index (Phi) is 6.26. The highest BCUT2D eigenvalue weighted by molar-refractivity contribution is 7.89. The second kappa shape index (κ2) is 8.65. The molecule has 144 valence electrons. The lowest BCUT2D eigenvalue weighted by molar-refractivity contribution is 0.0947. The van der Waals surface area contributed by atoms with E-state index in [1.54, 1.807) is 18.2 Å². The molecule has 3 rings (SSSR count). The summed E-state index contributed by atoms with van der Waals surface area (Å²) in [7, 11) is -3.69. The van der Waals surface area contributed by atoms with Gasteiger partial charge < -0.3 is 11.1 Å². The summed E-state index contributed by atoms with van der Waals surface area (Å²) in [6.45, 7) is 1.22. The number of nitrogens with two attached hydrogens (primary N) is 1. The van der Waals surface area contributed by atoms with Gasteiger partial charge >= 0.3 is 0 Å². The third kappa shape index (κ3) is 4.55. The summed E-state index contributed by atoms with van der Waals surface area (Å²) in [4.78, 5) is 12.7. The largest absolute Gasteiger partial charge is 0.350 e. The van der Waals surface area contributed by atoms with Gasteiger partial charge in [-0.1, -0.05) is 48.9 Å². The molecule has 1 atom stereocenters. The van der Waals surface area contributed by atoms with Crippen LogP contribution in [-0.4, -0.2) is 38.3 Å². The third-order valence-corrected chi connectivity index (χ3v) is 6.73. The number of hydrogen-bond donors (Lipinski definition) is 2. The zero-order valence-electron chi connectivity index (χ0n) is 15.2. The quantitative estimate of drug-likeness (QED) is 0.795. The first-order valence-corrected chi connectivity index (χ1v) is 10.6. The Balaban J connectivity index is 1.76. The van der Waals surface area contributed by atoms with Crippen LogP contribution in [-0.2, 0) is 10.0 Å². The van der Waals surface area contributed by atoms with Crippen molar-refractivity contribution in [1.82, 2.24) is 9.62 Å². The summed E-state index contributed by atoms with van der Waals surface area (Å²) >= 11 is 0. The zero-order valence-corrected chi connectivity index (χ0v) is 16.0. The Hall–Kier alpha value is -2.22. The van der Waals surface area contributed by atoms with E-state index < -0.39 is 15.9 Å². The summed E-state index contributed by atoms with van der Waals surface area (Å²) in [5.41, 5.74) is 7.19. The van der Waals surface area contributed by atoms with Crippen molar-refractivity contribution in [3.05, 3.63) is 65.7 Å². The average molecular weight is 388 g/mol. The van der Waals surface area contributed by atoms with Gasteiger partial charge in [0.15, 0.2) is 0 Å². The minimum absolute atomic E-state index is 0.0534. The summed E-state index contributed by atoms with van der Waals surface area (Å²) in [6, 6.07) is 15.4. The van der Waals surface area contributed by atoms with Gasteiger partial charge in [-0.3, -0.25) is 4.79 Å². The van der Waals surface area contributed by atoms with Crippen molar-refractivity contribution < 1.29 is 13.2 Å². The van der Waals surface area contributed by atoms with E-state index in [9.17, 15) is 13.2 Å². The minimum Gasteiger partial charge on any atom is -0.350 e. The second-order valence-corrected chi connectivity index (χ2v) is 8.59. The number of amides is 1. The van der Waals surface area contributed by atoms with Crippen LogP contribution in [0.3, 0.4) is 0 Å². The van der Waals surface area contributed by atoms with Crippen LogP contribution < -0.4 is 11.1 Å². The van der Waals surface area contributed by atoms with Gasteiger partial charge in [-0.15, -0.1) is 0 Å². The Morgan fingerprint density at radius 2 is 1.63 bits per heavy atom. The fourth-order valence-corrected chi connectivity index (χ4v) is 4.95. The van der Waals surface area contributed by atoms with Crippen molar-refractivity contribution in [3.63, 3.8) is 0 Å². The summed E-state index contributed by atoms with van der Waals surface area (Å²) in [6.07, 6.45) is 2.73. The lowest BCUT2D eigenvalue weighted by atomic mass is 10.1. The van der Waals surface area contributed by atoms with Crippen LogP contribution in [0.4, 0.5) is 0 Å². The molecule has 1 aliphatic heterocycles. The maximum Gasteiger partial charge on any atom is 0.252 e. The molecule has 1 fully saturated rings. The molecule has 2 aromatic rings. The number of nitrogens with zero attached hydrogens (tertiary/aromatic N) is 1. The first-order valence-electron chi connectivity index (χ1n) is 9.18.